The maximum atomic E-state index is 16.2. The number of benzene rings is 1. The zero-order valence-corrected chi connectivity index (χ0v) is 31.9. The van der Waals surface area contributed by atoms with Crippen LogP contribution in [0, 0.1) is 5.92 Å². The van der Waals surface area contributed by atoms with Crippen LogP contribution in [0.2, 0.25) is 0 Å². The zero-order valence-electron chi connectivity index (χ0n) is 31.9. The molecule has 2 saturated heterocycles. The Bertz CT molecular complexity index is 2230. The first-order chi connectivity index (χ1) is 27.4. The van der Waals surface area contributed by atoms with Crippen LogP contribution in [0.25, 0.3) is 16.6 Å². The molecular weight excluding hydrogens is 747 g/mol. The number of aryl methyl sites for hydroxylation is 1. The number of carbonyl (C=O) groups excluding carboxylic acids is 3. The highest BCUT2D eigenvalue weighted by molar-refractivity contribution is 6.24. The molecular formula is C38H46F3N11O5. The Labute approximate surface area is 325 Å². The van der Waals surface area contributed by atoms with Crippen molar-refractivity contribution in [3.63, 3.8) is 0 Å². The minimum atomic E-state index is -2.93. The molecule has 3 amide bonds. The number of piperidine rings is 2. The Morgan fingerprint density at radius 3 is 2.51 bits per heavy atom. The predicted molar refractivity (Wildman–Crippen MR) is 204 cm³/mol. The number of anilines is 2. The van der Waals surface area contributed by atoms with Crippen LogP contribution in [0.15, 0.2) is 47.8 Å². The first-order valence-electron chi connectivity index (χ1n) is 19.0. The molecule has 4 N–H and O–H groups in total. The first kappa shape index (κ1) is 39.5. The number of ether oxygens (including phenoxy) is 1. The van der Waals surface area contributed by atoms with Crippen LogP contribution in [-0.2, 0) is 21.4 Å². The van der Waals surface area contributed by atoms with E-state index in [0.29, 0.717) is 54.8 Å². The van der Waals surface area contributed by atoms with Crippen molar-refractivity contribution >= 4 is 45.7 Å². The molecule has 3 fully saturated rings. The SMILES string of the molecule is COc1ccc2c(c1N1CC[C@H](N(C)CC3CCC(n4cc(NC(=O)/C(=C/N)c5ncccn5)c(C(F)F)n4)CC3)[C@H](F)C1)n(C)c(=O)n2C1CCC(=O)NC1=O. The van der Waals surface area contributed by atoms with Gasteiger partial charge >= 0.3 is 5.69 Å². The number of nitrogens with one attached hydrogen (secondary N) is 2. The Morgan fingerprint density at radius 1 is 1.12 bits per heavy atom. The van der Waals surface area contributed by atoms with Crippen LogP contribution in [-0.4, -0.2) is 97.5 Å². The molecule has 16 nitrogen and oxygen atoms in total. The number of methoxy groups -OCH3 is 1. The van der Waals surface area contributed by atoms with Gasteiger partial charge in [-0.1, -0.05) is 0 Å². The molecule has 1 aliphatic carbocycles. The summed E-state index contributed by atoms with van der Waals surface area (Å²) < 4.78 is 54.4. The zero-order chi connectivity index (χ0) is 40.5. The molecule has 1 unspecified atom stereocenters. The van der Waals surface area contributed by atoms with Gasteiger partial charge < -0.3 is 25.6 Å². The normalized spacial score (nSPS) is 23.3. The minimum Gasteiger partial charge on any atom is -0.494 e. The van der Waals surface area contributed by atoms with Crippen molar-refractivity contribution in [3.8, 4) is 5.75 Å². The van der Waals surface area contributed by atoms with E-state index in [1.54, 1.807) is 25.2 Å². The smallest absolute Gasteiger partial charge is 0.329 e. The number of halogens is 3. The molecule has 19 heteroatoms. The summed E-state index contributed by atoms with van der Waals surface area (Å²) in [6.45, 7) is 1.19. The Kier molecular flexibility index (Phi) is 11.4. The molecule has 3 atom stereocenters. The third-order valence-electron chi connectivity index (χ3n) is 11.5. The van der Waals surface area contributed by atoms with Gasteiger partial charge in [-0.15, -0.1) is 0 Å². The minimum absolute atomic E-state index is 0.0561. The average Bonchev–Trinajstić information content (AvgIpc) is 3.73. The van der Waals surface area contributed by atoms with Crippen LogP contribution in [0.1, 0.15) is 75.0 Å². The number of rotatable bonds is 11. The Morgan fingerprint density at radius 2 is 1.86 bits per heavy atom. The van der Waals surface area contributed by atoms with Crippen molar-refractivity contribution in [2.24, 2.45) is 18.7 Å². The van der Waals surface area contributed by atoms with Gasteiger partial charge in [-0.25, -0.2) is 27.9 Å². The molecule has 0 bridgehead atoms. The lowest BCUT2D eigenvalue weighted by atomic mass is 9.85. The lowest BCUT2D eigenvalue weighted by Gasteiger charge is -2.42. The van der Waals surface area contributed by atoms with Crippen LogP contribution < -0.4 is 31.7 Å². The van der Waals surface area contributed by atoms with E-state index in [1.165, 1.54) is 39.5 Å². The summed E-state index contributed by atoms with van der Waals surface area (Å²) in [5, 5.41) is 8.99. The lowest BCUT2D eigenvalue weighted by molar-refractivity contribution is -0.135. The summed E-state index contributed by atoms with van der Waals surface area (Å²) in [5.41, 5.74) is 6.09. The number of imidazole rings is 1. The van der Waals surface area contributed by atoms with Gasteiger partial charge in [0, 0.05) is 57.4 Å². The number of alkyl halides is 3. The molecule has 5 heterocycles. The van der Waals surface area contributed by atoms with Crippen LogP contribution in [0.5, 0.6) is 5.75 Å². The van der Waals surface area contributed by atoms with Crippen molar-refractivity contribution in [2.75, 3.05) is 44.0 Å². The fourth-order valence-electron chi connectivity index (χ4n) is 8.59. The van der Waals surface area contributed by atoms with Gasteiger partial charge in [0.05, 0.1) is 42.0 Å². The number of imide groups is 1. The highest BCUT2D eigenvalue weighted by Gasteiger charge is 2.38. The molecule has 3 aromatic heterocycles. The number of amides is 3. The Hall–Kier alpha value is -5.72. The van der Waals surface area contributed by atoms with E-state index in [1.807, 2.05) is 11.9 Å². The fraction of sp³-hybridized carbons (Fsp3) is 0.500. The molecule has 1 saturated carbocycles. The first-order valence-corrected chi connectivity index (χ1v) is 19.0. The summed E-state index contributed by atoms with van der Waals surface area (Å²) in [6, 6.07) is 3.63. The topological polar surface area (TPSA) is 188 Å². The number of nitrogens with two attached hydrogens (primary N) is 1. The second-order valence-electron chi connectivity index (χ2n) is 14.9. The standard InChI is InChI=1S/C38H46F3N11O5/c1-48(18-21-5-7-22(8-6-21)51-20-25(31(47-51)34(40)41)45-36(54)23(17-42)35-43-14-4-15-44-35)26-13-16-50(19-24(26)39)33-29(57-3)11-9-27-32(33)49(2)38(56)52(27)28-10-12-30(53)46-37(28)55/h4,9,11,14-15,17,20-22,24,26,28,34H,5-8,10,12-13,16,18-19,42H2,1-3H3,(H,45,54)(H,46,53,55)/b23-17+/t21?,22?,24-,26+,28?/m1/s1. The monoisotopic (exact) mass is 793 g/mol. The summed E-state index contributed by atoms with van der Waals surface area (Å²) in [5.74, 6) is -0.872. The number of nitrogens with zero attached hydrogens (tertiary/aromatic N) is 8. The summed E-state index contributed by atoms with van der Waals surface area (Å²) >= 11 is 0. The van der Waals surface area contributed by atoms with Gasteiger partial charge in [-0.05, 0) is 69.7 Å². The van der Waals surface area contributed by atoms with E-state index in [0.717, 1.165) is 19.0 Å². The molecule has 7 rings (SSSR count). The summed E-state index contributed by atoms with van der Waals surface area (Å²) in [4.78, 5) is 63.1. The number of carbonyl (C=O) groups is 3. The number of hydrogen-bond acceptors (Lipinski definition) is 11. The van der Waals surface area contributed by atoms with E-state index in [2.05, 4.69) is 30.6 Å². The third-order valence-corrected chi connectivity index (χ3v) is 11.5. The largest absolute Gasteiger partial charge is 0.494 e. The van der Waals surface area contributed by atoms with Gasteiger partial charge in [0.15, 0.2) is 11.5 Å². The average molecular weight is 794 g/mol. The molecule has 0 radical (unpaired) electrons. The fourth-order valence-corrected chi connectivity index (χ4v) is 8.59. The number of fused-ring (bicyclic) bond motifs is 1. The number of aromatic nitrogens is 6. The maximum Gasteiger partial charge on any atom is 0.329 e. The summed E-state index contributed by atoms with van der Waals surface area (Å²) in [6.07, 6.45) is 4.87. The maximum absolute atomic E-state index is 16.2. The number of hydrogen-bond donors (Lipinski definition) is 3. The second-order valence-corrected chi connectivity index (χ2v) is 14.9. The van der Waals surface area contributed by atoms with Gasteiger partial charge in [0.2, 0.25) is 11.8 Å². The Balaban J connectivity index is 0.987. The van der Waals surface area contributed by atoms with Gasteiger partial charge in [-0.2, -0.15) is 5.10 Å². The molecule has 0 spiro atoms. The van der Waals surface area contributed by atoms with E-state index in [4.69, 9.17) is 10.5 Å². The molecule has 4 aromatic rings. The van der Waals surface area contributed by atoms with Crippen molar-refractivity contribution in [1.82, 2.24) is 39.1 Å². The highest BCUT2D eigenvalue weighted by atomic mass is 19.3. The van der Waals surface area contributed by atoms with Crippen molar-refractivity contribution < 1.29 is 32.3 Å². The summed E-state index contributed by atoms with van der Waals surface area (Å²) in [7, 11) is 5.05. The molecule has 3 aliphatic rings. The van der Waals surface area contributed by atoms with Crippen molar-refractivity contribution in [1.29, 1.82) is 0 Å². The molecule has 304 valence electrons. The highest BCUT2D eigenvalue weighted by Crippen LogP contribution is 2.40. The van der Waals surface area contributed by atoms with Gasteiger partial charge in [0.1, 0.15) is 23.7 Å². The van der Waals surface area contributed by atoms with Crippen molar-refractivity contribution in [2.45, 2.75) is 75.7 Å². The predicted octanol–water partition coefficient (Wildman–Crippen LogP) is 3.47. The van der Waals surface area contributed by atoms with Gasteiger partial charge in [-0.3, -0.25) is 33.5 Å². The quantitative estimate of drug-likeness (QED) is 0.149. The molecule has 57 heavy (non-hydrogen) atoms. The van der Waals surface area contributed by atoms with E-state index in [-0.39, 0.29) is 60.4 Å². The van der Waals surface area contributed by atoms with E-state index < -0.39 is 41.8 Å². The van der Waals surface area contributed by atoms with Crippen LogP contribution in [0.4, 0.5) is 24.5 Å². The van der Waals surface area contributed by atoms with Crippen molar-refractivity contribution in [3.05, 3.63) is 65.0 Å². The van der Waals surface area contributed by atoms with Crippen LogP contribution in [0.3, 0.4) is 0 Å². The molecule has 2 aliphatic heterocycles. The third kappa shape index (κ3) is 7.71. The van der Waals surface area contributed by atoms with E-state index in [9.17, 15) is 28.0 Å². The van der Waals surface area contributed by atoms with Crippen LogP contribution >= 0.6 is 0 Å². The molecule has 1 aromatic carbocycles. The van der Waals surface area contributed by atoms with E-state index >= 15 is 4.39 Å². The van der Waals surface area contributed by atoms with Gasteiger partial charge in [0.25, 0.3) is 12.3 Å². The lowest BCUT2D eigenvalue weighted by Crippen LogP contribution is -2.52. The second kappa shape index (κ2) is 16.4.